The quantitative estimate of drug-likeness (QED) is 0.418. The lowest BCUT2D eigenvalue weighted by atomic mass is 9.49. The summed E-state index contributed by atoms with van der Waals surface area (Å²) in [4.78, 5) is 23.9. The van der Waals surface area contributed by atoms with Gasteiger partial charge in [-0.1, -0.05) is 10.2 Å². The summed E-state index contributed by atoms with van der Waals surface area (Å²) in [6.07, 6.45) is 16.6. The first-order valence-corrected chi connectivity index (χ1v) is 13.2. The van der Waals surface area contributed by atoms with Crippen molar-refractivity contribution in [3.05, 3.63) is 0 Å². The summed E-state index contributed by atoms with van der Waals surface area (Å²) < 4.78 is 10.6. The van der Waals surface area contributed by atoms with E-state index in [0.29, 0.717) is 24.0 Å². The van der Waals surface area contributed by atoms with Crippen molar-refractivity contribution in [1.82, 2.24) is 0 Å². The molecular weight excluding hydrogens is 404 g/mol. The normalized spacial score (nSPS) is 45.5. The molecule has 8 rings (SSSR count). The van der Waals surface area contributed by atoms with E-state index < -0.39 is 12.2 Å². The number of hydrogen-bond donors (Lipinski definition) is 0. The van der Waals surface area contributed by atoms with Gasteiger partial charge in [-0.05, 0) is 136 Å². The molecule has 0 aliphatic heterocycles. The third-order valence-corrected chi connectivity index (χ3v) is 10.3. The Labute approximate surface area is 191 Å². The van der Waals surface area contributed by atoms with Crippen LogP contribution in [0.1, 0.15) is 89.9 Å². The number of rotatable bonds is 6. The molecule has 8 aliphatic carbocycles. The van der Waals surface area contributed by atoms with Gasteiger partial charge in [0.05, 0.1) is 13.2 Å². The summed E-state index contributed by atoms with van der Waals surface area (Å²) in [5, 5.41) is 6.89. The Morgan fingerprint density at radius 3 is 1.12 bits per heavy atom. The van der Waals surface area contributed by atoms with Crippen LogP contribution in [0.25, 0.3) is 0 Å². The van der Waals surface area contributed by atoms with E-state index in [1.807, 2.05) is 0 Å². The van der Waals surface area contributed by atoms with Crippen LogP contribution in [0.3, 0.4) is 0 Å². The van der Waals surface area contributed by atoms with Crippen molar-refractivity contribution in [2.75, 3.05) is 13.2 Å². The maximum Gasteiger partial charge on any atom is 0.452 e. The van der Waals surface area contributed by atoms with Crippen molar-refractivity contribution < 1.29 is 19.1 Å². The molecular formula is C26H38N2O4. The zero-order chi connectivity index (χ0) is 21.8. The summed E-state index contributed by atoms with van der Waals surface area (Å²) in [5.74, 6) is 5.36. The highest BCUT2D eigenvalue weighted by atomic mass is 16.6. The van der Waals surface area contributed by atoms with Crippen LogP contribution < -0.4 is 0 Å². The molecule has 8 saturated carbocycles. The maximum atomic E-state index is 11.9. The van der Waals surface area contributed by atoms with Crippen molar-refractivity contribution >= 4 is 12.2 Å². The van der Waals surface area contributed by atoms with E-state index in [-0.39, 0.29) is 0 Å². The van der Waals surface area contributed by atoms with Gasteiger partial charge in [-0.25, -0.2) is 9.59 Å². The number of hydrogen-bond acceptors (Lipinski definition) is 4. The van der Waals surface area contributed by atoms with Crippen LogP contribution in [0.2, 0.25) is 0 Å². The Hall–Kier alpha value is -1.46. The largest absolute Gasteiger partial charge is 0.452 e. The molecule has 8 fully saturated rings. The summed E-state index contributed by atoms with van der Waals surface area (Å²) in [7, 11) is 0. The number of amides is 2. The topological polar surface area (TPSA) is 77.3 Å². The number of carbonyl (C=O) groups is 2. The first-order valence-electron chi connectivity index (χ1n) is 13.2. The molecule has 0 unspecified atom stereocenters. The van der Waals surface area contributed by atoms with Crippen molar-refractivity contribution in [2.24, 2.45) is 56.6 Å². The Bertz CT molecular complexity index is 656. The minimum Gasteiger partial charge on any atom is -0.447 e. The fraction of sp³-hybridized carbons (Fsp3) is 0.923. The Morgan fingerprint density at radius 2 is 0.844 bits per heavy atom. The molecule has 0 aromatic carbocycles. The van der Waals surface area contributed by atoms with Gasteiger partial charge >= 0.3 is 12.2 Å². The monoisotopic (exact) mass is 442 g/mol. The first kappa shape index (κ1) is 21.1. The minimum absolute atomic E-state index is 0.377. The predicted molar refractivity (Wildman–Crippen MR) is 118 cm³/mol. The zero-order valence-electron chi connectivity index (χ0n) is 19.3. The zero-order valence-corrected chi connectivity index (χ0v) is 19.3. The molecule has 0 aromatic rings. The minimum atomic E-state index is -0.771. The number of ether oxygens (including phenoxy) is 2. The molecule has 0 N–H and O–H groups in total. The molecule has 0 saturated heterocycles. The predicted octanol–water partition coefficient (Wildman–Crippen LogP) is 6.92. The van der Waals surface area contributed by atoms with Crippen molar-refractivity contribution in [3.8, 4) is 0 Å². The van der Waals surface area contributed by atoms with Crippen LogP contribution >= 0.6 is 0 Å². The second kappa shape index (κ2) is 8.09. The molecule has 6 nitrogen and oxygen atoms in total. The second-order valence-corrected chi connectivity index (χ2v) is 12.8. The van der Waals surface area contributed by atoms with E-state index in [1.54, 1.807) is 0 Å². The Kier molecular flexibility index (Phi) is 5.33. The highest BCUT2D eigenvalue weighted by molar-refractivity contribution is 5.73. The molecule has 8 aliphatic rings. The molecule has 0 heterocycles. The van der Waals surface area contributed by atoms with E-state index in [0.717, 1.165) is 48.3 Å². The van der Waals surface area contributed by atoms with Crippen LogP contribution in [0.4, 0.5) is 9.59 Å². The number of carbonyl (C=O) groups excluding carboxylic acids is 2. The maximum absolute atomic E-state index is 11.9. The Balaban J connectivity index is 0.907. The summed E-state index contributed by atoms with van der Waals surface area (Å²) in [6.45, 7) is 0.760. The van der Waals surface area contributed by atoms with E-state index in [2.05, 4.69) is 10.2 Å². The van der Waals surface area contributed by atoms with E-state index in [9.17, 15) is 9.59 Å². The first-order chi connectivity index (χ1) is 15.5. The van der Waals surface area contributed by atoms with E-state index >= 15 is 0 Å². The lowest BCUT2D eigenvalue weighted by Gasteiger charge is -2.57. The SMILES string of the molecule is O=C(/N=N/C(=O)OCCC12CC3CC(CC(C3)C1)C2)OCCC12CC3CC(CC(C3)C1)C2. The molecule has 0 aromatic heterocycles. The van der Waals surface area contributed by atoms with Crippen LogP contribution in [0.15, 0.2) is 10.2 Å². The molecule has 176 valence electrons. The third kappa shape index (κ3) is 4.23. The average molecular weight is 443 g/mol. The van der Waals surface area contributed by atoms with E-state index in [4.69, 9.17) is 9.47 Å². The second-order valence-electron chi connectivity index (χ2n) is 12.8. The Morgan fingerprint density at radius 1 is 0.562 bits per heavy atom. The third-order valence-electron chi connectivity index (χ3n) is 10.3. The van der Waals surface area contributed by atoms with Crippen LogP contribution in [0, 0.1) is 46.3 Å². The van der Waals surface area contributed by atoms with Gasteiger partial charge in [-0.2, -0.15) is 0 Å². The molecule has 2 amide bonds. The fourth-order valence-corrected chi connectivity index (χ4v) is 10.0. The van der Waals surface area contributed by atoms with Crippen LogP contribution in [0.5, 0.6) is 0 Å². The van der Waals surface area contributed by atoms with Gasteiger partial charge in [0.25, 0.3) is 0 Å². The number of nitrogens with zero attached hydrogens (tertiary/aromatic N) is 2. The highest BCUT2D eigenvalue weighted by Crippen LogP contribution is 2.62. The molecule has 0 atom stereocenters. The fourth-order valence-electron chi connectivity index (χ4n) is 10.0. The van der Waals surface area contributed by atoms with Gasteiger partial charge in [0.15, 0.2) is 0 Å². The molecule has 6 heteroatoms. The van der Waals surface area contributed by atoms with Crippen LogP contribution in [-0.2, 0) is 9.47 Å². The lowest BCUT2D eigenvalue weighted by Crippen LogP contribution is -2.46. The lowest BCUT2D eigenvalue weighted by molar-refractivity contribution is -0.0646. The number of azo groups is 1. The van der Waals surface area contributed by atoms with Gasteiger partial charge in [-0.15, -0.1) is 0 Å². The standard InChI is InChI=1S/C26H38N2O4/c29-23(31-3-1-25-11-17-5-18(12-25)7-19(6-17)13-25)27-28-24(30)32-4-2-26-14-20-8-21(15-26)10-22(9-20)16-26/h17-22H,1-16H2/b28-27+. The average Bonchev–Trinajstić information content (AvgIpc) is 2.70. The molecule has 32 heavy (non-hydrogen) atoms. The van der Waals surface area contributed by atoms with Crippen molar-refractivity contribution in [3.63, 3.8) is 0 Å². The van der Waals surface area contributed by atoms with Gasteiger partial charge < -0.3 is 9.47 Å². The van der Waals surface area contributed by atoms with Crippen molar-refractivity contribution in [2.45, 2.75) is 89.9 Å². The van der Waals surface area contributed by atoms with Crippen molar-refractivity contribution in [1.29, 1.82) is 0 Å². The highest BCUT2D eigenvalue weighted by Gasteiger charge is 2.51. The summed E-state index contributed by atoms with van der Waals surface area (Å²) in [5.41, 5.74) is 0.755. The summed E-state index contributed by atoms with van der Waals surface area (Å²) in [6, 6.07) is 0. The summed E-state index contributed by atoms with van der Waals surface area (Å²) >= 11 is 0. The smallest absolute Gasteiger partial charge is 0.447 e. The van der Waals surface area contributed by atoms with E-state index in [1.165, 1.54) is 77.0 Å². The van der Waals surface area contributed by atoms with Gasteiger partial charge in [0.1, 0.15) is 0 Å². The van der Waals surface area contributed by atoms with Gasteiger partial charge in [-0.3, -0.25) is 0 Å². The molecule has 0 radical (unpaired) electrons. The molecule has 0 spiro atoms. The van der Waals surface area contributed by atoms with Crippen LogP contribution in [-0.4, -0.2) is 25.4 Å². The van der Waals surface area contributed by atoms with Gasteiger partial charge in [0.2, 0.25) is 0 Å². The molecule has 8 bridgehead atoms. The van der Waals surface area contributed by atoms with Gasteiger partial charge in [0, 0.05) is 0 Å².